The molecule has 4 rings (SSSR count). The third-order valence-electron chi connectivity index (χ3n) is 5.21. The molecule has 0 radical (unpaired) electrons. The van der Waals surface area contributed by atoms with E-state index in [1.54, 1.807) is 30.7 Å². The quantitative estimate of drug-likeness (QED) is 0.621. The van der Waals surface area contributed by atoms with E-state index in [-0.39, 0.29) is 17.1 Å². The van der Waals surface area contributed by atoms with Crippen LogP contribution < -0.4 is 10.3 Å². The molecule has 1 fully saturated rings. The zero-order valence-electron chi connectivity index (χ0n) is 16.3. The summed E-state index contributed by atoms with van der Waals surface area (Å²) in [6.45, 7) is 4.17. The summed E-state index contributed by atoms with van der Waals surface area (Å²) in [5, 5.41) is 0. The molecule has 0 atom stereocenters. The topological polar surface area (TPSA) is 57.0 Å². The van der Waals surface area contributed by atoms with Crippen LogP contribution in [0.5, 0.6) is 11.5 Å². The molecule has 0 N–H and O–H groups in total. The average Bonchev–Trinajstić information content (AvgIpc) is 2.64. The van der Waals surface area contributed by atoms with E-state index in [2.05, 4.69) is 9.97 Å². The maximum Gasteiger partial charge on any atom is 0.253 e. The van der Waals surface area contributed by atoms with Gasteiger partial charge in [-0.1, -0.05) is 6.42 Å². The standard InChI is InChI=1S/C22H21F2N3O2/c1-13-8-16(12-27(22(13)28)11-15-4-3-5-15)21-20(10-25-14(2)26-21)29-19-7-6-17(23)9-18(19)24/h6-10,12,15H,3-5,11H2,1-2H3. The van der Waals surface area contributed by atoms with E-state index in [1.165, 1.54) is 18.7 Å². The summed E-state index contributed by atoms with van der Waals surface area (Å²) in [4.78, 5) is 21.2. The minimum Gasteiger partial charge on any atom is -0.450 e. The van der Waals surface area contributed by atoms with Gasteiger partial charge in [0.25, 0.3) is 5.56 Å². The number of benzene rings is 1. The minimum absolute atomic E-state index is 0.0292. The van der Waals surface area contributed by atoms with Crippen LogP contribution in [0.2, 0.25) is 0 Å². The first-order valence-corrected chi connectivity index (χ1v) is 9.58. The first-order valence-electron chi connectivity index (χ1n) is 9.58. The SMILES string of the molecule is Cc1ncc(Oc2ccc(F)cc2F)c(-c2cc(C)c(=O)n(CC3CCC3)c2)n1. The Morgan fingerprint density at radius 3 is 2.66 bits per heavy atom. The van der Waals surface area contributed by atoms with E-state index in [0.717, 1.165) is 25.0 Å². The zero-order chi connectivity index (χ0) is 20.5. The molecule has 5 nitrogen and oxygen atoms in total. The molecule has 0 aliphatic heterocycles. The van der Waals surface area contributed by atoms with Crippen molar-refractivity contribution in [3.63, 3.8) is 0 Å². The Labute approximate surface area is 167 Å². The molecule has 1 aromatic carbocycles. The molecule has 0 amide bonds. The van der Waals surface area contributed by atoms with Gasteiger partial charge in [0.1, 0.15) is 17.3 Å². The third-order valence-corrected chi connectivity index (χ3v) is 5.21. The van der Waals surface area contributed by atoms with E-state index in [0.29, 0.717) is 35.1 Å². The van der Waals surface area contributed by atoms with Gasteiger partial charge in [-0.05, 0) is 50.8 Å². The summed E-state index contributed by atoms with van der Waals surface area (Å²) < 4.78 is 34.7. The number of rotatable bonds is 5. The smallest absolute Gasteiger partial charge is 0.253 e. The van der Waals surface area contributed by atoms with Crippen molar-refractivity contribution in [2.75, 3.05) is 0 Å². The summed E-state index contributed by atoms with van der Waals surface area (Å²) in [5.74, 6) is -0.370. The number of hydrogen-bond donors (Lipinski definition) is 0. The fourth-order valence-electron chi connectivity index (χ4n) is 3.42. The summed E-state index contributed by atoms with van der Waals surface area (Å²) in [5.41, 5.74) is 1.70. The van der Waals surface area contributed by atoms with Crippen molar-refractivity contribution in [2.24, 2.45) is 5.92 Å². The first kappa shape index (κ1) is 19.2. The minimum atomic E-state index is -0.817. The average molecular weight is 397 g/mol. The van der Waals surface area contributed by atoms with Gasteiger partial charge in [0.15, 0.2) is 17.3 Å². The molecule has 29 heavy (non-hydrogen) atoms. The van der Waals surface area contributed by atoms with Crippen LogP contribution in [0.25, 0.3) is 11.3 Å². The van der Waals surface area contributed by atoms with Gasteiger partial charge in [0, 0.05) is 29.9 Å². The van der Waals surface area contributed by atoms with Crippen molar-refractivity contribution < 1.29 is 13.5 Å². The summed E-state index contributed by atoms with van der Waals surface area (Å²) in [7, 11) is 0. The van der Waals surface area contributed by atoms with Gasteiger partial charge in [0.05, 0.1) is 6.20 Å². The summed E-state index contributed by atoms with van der Waals surface area (Å²) in [6, 6.07) is 4.84. The lowest BCUT2D eigenvalue weighted by molar-refractivity contribution is 0.273. The lowest BCUT2D eigenvalue weighted by Gasteiger charge is -2.26. The maximum absolute atomic E-state index is 14.1. The van der Waals surface area contributed by atoms with E-state index in [1.807, 2.05) is 0 Å². The Bertz CT molecular complexity index is 1120. The fraction of sp³-hybridized carbons (Fsp3) is 0.318. The molecule has 0 unspecified atom stereocenters. The van der Waals surface area contributed by atoms with Crippen LogP contribution in [0.4, 0.5) is 8.78 Å². The van der Waals surface area contributed by atoms with Gasteiger partial charge in [-0.25, -0.2) is 18.7 Å². The van der Waals surface area contributed by atoms with Gasteiger partial charge in [-0.2, -0.15) is 0 Å². The fourth-order valence-corrected chi connectivity index (χ4v) is 3.42. The van der Waals surface area contributed by atoms with Gasteiger partial charge < -0.3 is 9.30 Å². The molecule has 0 spiro atoms. The molecule has 1 aliphatic carbocycles. The van der Waals surface area contributed by atoms with Crippen molar-refractivity contribution in [3.8, 4) is 22.8 Å². The van der Waals surface area contributed by atoms with Crippen LogP contribution in [0.1, 0.15) is 30.7 Å². The summed E-state index contributed by atoms with van der Waals surface area (Å²) in [6.07, 6.45) is 6.67. The van der Waals surface area contributed by atoms with Crippen LogP contribution in [0, 0.1) is 31.4 Å². The molecule has 1 aliphatic rings. The molecule has 0 saturated heterocycles. The Hall–Kier alpha value is -3.09. The first-order chi connectivity index (χ1) is 13.9. The lowest BCUT2D eigenvalue weighted by Crippen LogP contribution is -2.28. The molecule has 2 aromatic heterocycles. The molecule has 2 heterocycles. The van der Waals surface area contributed by atoms with Gasteiger partial charge >= 0.3 is 0 Å². The second-order valence-corrected chi connectivity index (χ2v) is 7.47. The number of ether oxygens (including phenoxy) is 1. The van der Waals surface area contributed by atoms with Crippen molar-refractivity contribution in [1.82, 2.24) is 14.5 Å². The van der Waals surface area contributed by atoms with Crippen LogP contribution in [0.3, 0.4) is 0 Å². The van der Waals surface area contributed by atoms with E-state index in [4.69, 9.17) is 4.74 Å². The number of halogens is 2. The Kier molecular flexibility index (Phi) is 5.13. The molecule has 3 aromatic rings. The number of aromatic nitrogens is 3. The third kappa shape index (κ3) is 4.04. The Balaban J connectivity index is 1.76. The zero-order valence-corrected chi connectivity index (χ0v) is 16.3. The van der Waals surface area contributed by atoms with Gasteiger partial charge in [0.2, 0.25) is 0 Å². The van der Waals surface area contributed by atoms with Crippen LogP contribution in [-0.4, -0.2) is 14.5 Å². The predicted octanol–water partition coefficient (Wildman–Crippen LogP) is 4.79. The van der Waals surface area contributed by atoms with Crippen molar-refractivity contribution in [3.05, 3.63) is 70.0 Å². The number of hydrogen-bond acceptors (Lipinski definition) is 4. The lowest BCUT2D eigenvalue weighted by atomic mass is 9.85. The second kappa shape index (κ2) is 7.73. The molecule has 7 heteroatoms. The second-order valence-electron chi connectivity index (χ2n) is 7.47. The number of nitrogens with zero attached hydrogens (tertiary/aromatic N) is 3. The molecule has 1 saturated carbocycles. The molecular weight excluding hydrogens is 376 g/mol. The Morgan fingerprint density at radius 2 is 1.97 bits per heavy atom. The highest BCUT2D eigenvalue weighted by atomic mass is 19.1. The largest absolute Gasteiger partial charge is 0.450 e. The van der Waals surface area contributed by atoms with Gasteiger partial charge in [-0.15, -0.1) is 0 Å². The van der Waals surface area contributed by atoms with Crippen molar-refractivity contribution >= 4 is 0 Å². The number of pyridine rings is 1. The van der Waals surface area contributed by atoms with Crippen molar-refractivity contribution in [2.45, 2.75) is 39.7 Å². The predicted molar refractivity (Wildman–Crippen MR) is 105 cm³/mol. The van der Waals surface area contributed by atoms with E-state index >= 15 is 0 Å². The maximum atomic E-state index is 14.1. The van der Waals surface area contributed by atoms with Crippen LogP contribution in [-0.2, 0) is 6.54 Å². The molecule has 0 bridgehead atoms. The van der Waals surface area contributed by atoms with E-state index in [9.17, 15) is 13.6 Å². The molecule has 150 valence electrons. The van der Waals surface area contributed by atoms with Gasteiger partial charge in [-0.3, -0.25) is 4.79 Å². The van der Waals surface area contributed by atoms with Crippen LogP contribution in [0.15, 0.2) is 41.5 Å². The number of aryl methyl sites for hydroxylation is 2. The normalized spacial score (nSPS) is 13.9. The highest BCUT2D eigenvalue weighted by molar-refractivity contribution is 5.66. The van der Waals surface area contributed by atoms with Crippen molar-refractivity contribution in [1.29, 1.82) is 0 Å². The summed E-state index contributed by atoms with van der Waals surface area (Å²) >= 11 is 0. The Morgan fingerprint density at radius 1 is 1.17 bits per heavy atom. The highest BCUT2D eigenvalue weighted by Crippen LogP contribution is 2.33. The highest BCUT2D eigenvalue weighted by Gasteiger charge is 2.20. The van der Waals surface area contributed by atoms with E-state index < -0.39 is 11.6 Å². The monoisotopic (exact) mass is 397 g/mol. The van der Waals surface area contributed by atoms with Crippen LogP contribution >= 0.6 is 0 Å². The molecular formula is C22H21F2N3O2.